The van der Waals surface area contributed by atoms with Crippen LogP contribution in [0.2, 0.25) is 5.02 Å². The molecule has 3 rings (SSSR count). The summed E-state index contributed by atoms with van der Waals surface area (Å²) in [7, 11) is -3.42. The molecular weight excluding hydrogens is 482 g/mol. The SMILES string of the molecule is COc1cc(F)ccc1Oc1ccc(Cl)cc1C(=O)Nc1ccn(COP(=O)(O)O)c(=O)c1. The summed E-state index contributed by atoms with van der Waals surface area (Å²) in [5, 5.41) is 2.75. The minimum atomic E-state index is -4.76. The summed E-state index contributed by atoms with van der Waals surface area (Å²) in [6.45, 7) is -0.677. The van der Waals surface area contributed by atoms with E-state index < -0.39 is 31.8 Å². The molecule has 2 aromatic carbocycles. The maximum atomic E-state index is 13.5. The van der Waals surface area contributed by atoms with Crippen LogP contribution in [0.4, 0.5) is 10.1 Å². The van der Waals surface area contributed by atoms with Crippen molar-refractivity contribution in [3.63, 3.8) is 0 Å². The van der Waals surface area contributed by atoms with Gasteiger partial charge in [0.05, 0.1) is 12.7 Å². The number of carbonyl (C=O) groups is 1. The van der Waals surface area contributed by atoms with Crippen LogP contribution in [0.25, 0.3) is 0 Å². The summed E-state index contributed by atoms with van der Waals surface area (Å²) < 4.78 is 40.2. The summed E-state index contributed by atoms with van der Waals surface area (Å²) in [6.07, 6.45) is 1.19. The number of phosphoric ester groups is 1. The normalized spacial score (nSPS) is 11.2. The van der Waals surface area contributed by atoms with Crippen LogP contribution >= 0.6 is 19.4 Å². The molecule has 1 aromatic heterocycles. The summed E-state index contributed by atoms with van der Waals surface area (Å²) in [6, 6.07) is 10.3. The molecule has 13 heteroatoms. The van der Waals surface area contributed by atoms with E-state index >= 15 is 0 Å². The highest BCUT2D eigenvalue weighted by Gasteiger charge is 2.18. The molecule has 3 N–H and O–H groups in total. The minimum absolute atomic E-state index is 0.0166. The van der Waals surface area contributed by atoms with Crippen molar-refractivity contribution in [3.05, 3.63) is 81.5 Å². The number of nitrogens with one attached hydrogen (secondary N) is 1. The molecule has 0 saturated carbocycles. The number of carbonyl (C=O) groups excluding carboxylic acids is 1. The number of ether oxygens (including phenoxy) is 2. The van der Waals surface area contributed by atoms with E-state index in [1.807, 2.05) is 0 Å². The fourth-order valence-corrected chi connectivity index (χ4v) is 3.09. The highest BCUT2D eigenvalue weighted by atomic mass is 35.5. The lowest BCUT2D eigenvalue weighted by molar-refractivity contribution is 0.102. The number of halogens is 2. The number of amides is 1. The molecule has 10 nitrogen and oxygen atoms in total. The number of nitrogens with zero attached hydrogens (tertiary/aromatic N) is 1. The van der Waals surface area contributed by atoms with Gasteiger partial charge in [0, 0.05) is 29.0 Å². The van der Waals surface area contributed by atoms with Crippen molar-refractivity contribution in [2.75, 3.05) is 12.4 Å². The number of benzene rings is 2. The molecule has 0 atom stereocenters. The Hall–Kier alpha value is -3.21. The van der Waals surface area contributed by atoms with E-state index in [4.69, 9.17) is 30.9 Å². The zero-order chi connectivity index (χ0) is 24.2. The second-order valence-corrected chi connectivity index (χ2v) is 8.14. The fourth-order valence-electron chi connectivity index (χ4n) is 2.64. The lowest BCUT2D eigenvalue weighted by atomic mass is 10.1. The van der Waals surface area contributed by atoms with Gasteiger partial charge in [-0.2, -0.15) is 0 Å². The van der Waals surface area contributed by atoms with Crippen LogP contribution in [-0.2, 0) is 15.8 Å². The van der Waals surface area contributed by atoms with Gasteiger partial charge in [0.1, 0.15) is 18.3 Å². The van der Waals surface area contributed by atoms with E-state index in [0.29, 0.717) is 0 Å². The largest absolute Gasteiger partial charge is 0.493 e. The van der Waals surface area contributed by atoms with Gasteiger partial charge >= 0.3 is 7.82 Å². The van der Waals surface area contributed by atoms with Crippen molar-refractivity contribution in [2.45, 2.75) is 6.73 Å². The van der Waals surface area contributed by atoms with E-state index in [0.717, 1.165) is 16.7 Å². The Morgan fingerprint density at radius 2 is 1.85 bits per heavy atom. The number of aromatic nitrogens is 1. The number of pyridine rings is 1. The smallest absolute Gasteiger partial charge is 0.471 e. The molecule has 1 heterocycles. The predicted molar refractivity (Wildman–Crippen MR) is 116 cm³/mol. The first-order valence-electron chi connectivity index (χ1n) is 9.08. The van der Waals surface area contributed by atoms with Crippen LogP contribution < -0.4 is 20.3 Å². The topological polar surface area (TPSA) is 136 Å². The van der Waals surface area contributed by atoms with Crippen LogP contribution in [-0.4, -0.2) is 27.4 Å². The molecule has 3 aromatic rings. The third kappa shape index (κ3) is 6.64. The maximum Gasteiger partial charge on any atom is 0.471 e. The molecule has 0 saturated heterocycles. The highest BCUT2D eigenvalue weighted by molar-refractivity contribution is 7.46. The predicted octanol–water partition coefficient (Wildman–Crippen LogP) is 3.76. The van der Waals surface area contributed by atoms with E-state index in [1.165, 1.54) is 49.7 Å². The van der Waals surface area contributed by atoms with Crippen LogP contribution in [0.1, 0.15) is 10.4 Å². The minimum Gasteiger partial charge on any atom is -0.493 e. The first-order chi connectivity index (χ1) is 15.6. The number of hydrogen-bond acceptors (Lipinski definition) is 6. The number of rotatable bonds is 8. The number of phosphoric acid groups is 1. The second-order valence-electron chi connectivity index (χ2n) is 6.46. The molecule has 0 unspecified atom stereocenters. The van der Waals surface area contributed by atoms with Crippen LogP contribution in [0.5, 0.6) is 17.2 Å². The monoisotopic (exact) mass is 498 g/mol. The summed E-state index contributed by atoms with van der Waals surface area (Å²) in [5.41, 5.74) is -0.564. The Morgan fingerprint density at radius 1 is 1.12 bits per heavy atom. The lowest BCUT2D eigenvalue weighted by Crippen LogP contribution is -2.21. The summed E-state index contributed by atoms with van der Waals surface area (Å²) in [4.78, 5) is 42.5. The van der Waals surface area contributed by atoms with Crippen molar-refractivity contribution >= 4 is 31.0 Å². The zero-order valence-electron chi connectivity index (χ0n) is 16.9. The van der Waals surface area contributed by atoms with Gasteiger partial charge < -0.3 is 24.6 Å². The Morgan fingerprint density at radius 3 is 2.52 bits per heavy atom. The molecular formula is C20H17ClFN2O8P. The molecule has 1 amide bonds. The van der Waals surface area contributed by atoms with Crippen molar-refractivity contribution in [2.24, 2.45) is 0 Å². The summed E-state index contributed by atoms with van der Waals surface area (Å²) in [5.74, 6) is -0.850. The number of anilines is 1. The summed E-state index contributed by atoms with van der Waals surface area (Å²) >= 11 is 6.02. The van der Waals surface area contributed by atoms with E-state index in [2.05, 4.69) is 9.84 Å². The lowest BCUT2D eigenvalue weighted by Gasteiger charge is -2.14. The van der Waals surface area contributed by atoms with Crippen molar-refractivity contribution in [1.29, 1.82) is 0 Å². The second kappa shape index (κ2) is 10.2. The highest BCUT2D eigenvalue weighted by Crippen LogP contribution is 2.36. The maximum absolute atomic E-state index is 13.5. The molecule has 0 aliphatic carbocycles. The van der Waals surface area contributed by atoms with E-state index in [-0.39, 0.29) is 33.5 Å². The Balaban J connectivity index is 1.83. The van der Waals surface area contributed by atoms with Gasteiger partial charge in [-0.25, -0.2) is 8.96 Å². The van der Waals surface area contributed by atoms with Gasteiger partial charge in [-0.3, -0.25) is 18.7 Å². The molecule has 174 valence electrons. The van der Waals surface area contributed by atoms with Gasteiger partial charge in [0.15, 0.2) is 11.5 Å². The Bertz CT molecular complexity index is 1290. The first-order valence-corrected chi connectivity index (χ1v) is 11.0. The third-order valence-electron chi connectivity index (χ3n) is 4.15. The van der Waals surface area contributed by atoms with Crippen molar-refractivity contribution in [1.82, 2.24) is 4.57 Å². The standard InChI is InChI=1S/C20H17ClFN2O8P/c1-30-18-9-13(22)3-5-17(18)32-16-4-2-12(21)8-15(16)20(26)23-14-6-7-24(19(25)10-14)11-31-33(27,28)29/h2-10H,11H2,1H3,(H,23,26)(H2,27,28,29). The fraction of sp³-hybridized carbons (Fsp3) is 0.100. The number of methoxy groups -OCH3 is 1. The average Bonchev–Trinajstić information content (AvgIpc) is 2.74. The van der Waals surface area contributed by atoms with E-state index in [9.17, 15) is 18.5 Å². The Kier molecular flexibility index (Phi) is 7.52. The Labute approximate surface area is 191 Å². The van der Waals surface area contributed by atoms with Gasteiger partial charge in [-0.15, -0.1) is 0 Å². The number of hydrogen-bond donors (Lipinski definition) is 3. The van der Waals surface area contributed by atoms with Crippen molar-refractivity contribution < 1.29 is 37.5 Å². The third-order valence-corrected chi connectivity index (χ3v) is 4.84. The van der Waals surface area contributed by atoms with Crippen LogP contribution in [0.3, 0.4) is 0 Å². The van der Waals surface area contributed by atoms with Crippen molar-refractivity contribution in [3.8, 4) is 17.2 Å². The van der Waals surface area contributed by atoms with Gasteiger partial charge in [-0.1, -0.05) is 11.6 Å². The molecule has 0 bridgehead atoms. The molecule has 33 heavy (non-hydrogen) atoms. The van der Waals surface area contributed by atoms with Gasteiger partial charge in [0.2, 0.25) is 0 Å². The van der Waals surface area contributed by atoms with Crippen LogP contribution in [0.15, 0.2) is 59.5 Å². The van der Waals surface area contributed by atoms with E-state index in [1.54, 1.807) is 0 Å². The molecule has 0 radical (unpaired) electrons. The molecule has 0 aliphatic heterocycles. The van der Waals surface area contributed by atoms with Gasteiger partial charge in [-0.05, 0) is 36.4 Å². The average molecular weight is 499 g/mol. The van der Waals surface area contributed by atoms with Crippen LogP contribution in [0, 0.1) is 5.82 Å². The molecule has 0 aliphatic rings. The first kappa shape index (κ1) is 24.4. The quantitative estimate of drug-likeness (QED) is 0.399. The van der Waals surface area contributed by atoms with Gasteiger partial charge in [0.25, 0.3) is 11.5 Å². The molecule has 0 spiro atoms. The molecule has 0 fully saturated rings. The zero-order valence-corrected chi connectivity index (χ0v) is 18.5.